The second-order valence-corrected chi connectivity index (χ2v) is 9.60. The highest BCUT2D eigenvalue weighted by Crippen LogP contribution is 2.36. The summed E-state index contributed by atoms with van der Waals surface area (Å²) in [5.41, 5.74) is 1.58. The molecule has 3 atom stereocenters. The smallest absolute Gasteiger partial charge is 0.309 e. The zero-order valence-corrected chi connectivity index (χ0v) is 19.7. The molecule has 1 aliphatic carbocycles. The van der Waals surface area contributed by atoms with E-state index < -0.39 is 11.9 Å². The van der Waals surface area contributed by atoms with Gasteiger partial charge >= 0.3 is 5.97 Å². The number of anilines is 1. The standard InChI is InChI=1S/C24H26Cl2N4O3/c25-18-8-7-16-19(29-11-9-27-14-29)12-21(28-23(16)22(18)26)30-10-3-4-15(30)13-33-20-6-2-1-5-17(20)24(31)32/h7-9,11-12,14-15,17,20H,1-6,10,13H2,(H,31,32)/t15-,17?,20?/m0/s1. The van der Waals surface area contributed by atoms with Gasteiger partial charge in [0.2, 0.25) is 0 Å². The normalized spacial score (nSPS) is 23.3. The summed E-state index contributed by atoms with van der Waals surface area (Å²) in [6, 6.07) is 5.88. The first-order chi connectivity index (χ1) is 16.0. The van der Waals surface area contributed by atoms with Crippen LogP contribution < -0.4 is 4.90 Å². The van der Waals surface area contributed by atoms with Crippen molar-refractivity contribution in [2.75, 3.05) is 18.1 Å². The van der Waals surface area contributed by atoms with Crippen LogP contribution in [0.1, 0.15) is 38.5 Å². The average Bonchev–Trinajstić information content (AvgIpc) is 3.52. The van der Waals surface area contributed by atoms with Crippen molar-refractivity contribution in [3.8, 4) is 5.69 Å². The van der Waals surface area contributed by atoms with E-state index in [4.69, 9.17) is 32.9 Å². The minimum Gasteiger partial charge on any atom is -0.481 e. The number of aromatic nitrogens is 3. The molecule has 0 amide bonds. The second-order valence-electron chi connectivity index (χ2n) is 8.82. The zero-order chi connectivity index (χ0) is 22.9. The van der Waals surface area contributed by atoms with Crippen LogP contribution in [-0.4, -0.2) is 50.9 Å². The van der Waals surface area contributed by atoms with Crippen LogP contribution in [0.3, 0.4) is 0 Å². The van der Waals surface area contributed by atoms with Gasteiger partial charge in [0.1, 0.15) is 5.82 Å². The van der Waals surface area contributed by atoms with Crippen molar-refractivity contribution >= 4 is 45.9 Å². The largest absolute Gasteiger partial charge is 0.481 e. The van der Waals surface area contributed by atoms with Gasteiger partial charge in [-0.15, -0.1) is 0 Å². The third-order valence-corrected chi connectivity index (χ3v) is 7.61. The first-order valence-electron chi connectivity index (χ1n) is 11.4. The summed E-state index contributed by atoms with van der Waals surface area (Å²) in [6.45, 7) is 1.33. The van der Waals surface area contributed by atoms with Crippen molar-refractivity contribution in [2.24, 2.45) is 5.92 Å². The summed E-state index contributed by atoms with van der Waals surface area (Å²) in [5.74, 6) is -0.364. The summed E-state index contributed by atoms with van der Waals surface area (Å²) < 4.78 is 8.16. The molecule has 1 N–H and O–H groups in total. The van der Waals surface area contributed by atoms with Crippen molar-refractivity contribution in [1.29, 1.82) is 0 Å². The number of hydrogen-bond acceptors (Lipinski definition) is 5. The maximum absolute atomic E-state index is 11.6. The molecule has 1 aromatic carbocycles. The molecule has 33 heavy (non-hydrogen) atoms. The molecule has 7 nitrogen and oxygen atoms in total. The van der Waals surface area contributed by atoms with Crippen LogP contribution in [0.5, 0.6) is 0 Å². The molecule has 2 aromatic heterocycles. The summed E-state index contributed by atoms with van der Waals surface area (Å²) in [7, 11) is 0. The number of aliphatic carboxylic acids is 1. The number of carboxylic acid groups (broad SMARTS) is 1. The van der Waals surface area contributed by atoms with Gasteiger partial charge in [-0.3, -0.25) is 4.79 Å². The van der Waals surface area contributed by atoms with E-state index in [1.54, 1.807) is 18.6 Å². The van der Waals surface area contributed by atoms with Crippen LogP contribution in [0.15, 0.2) is 36.9 Å². The number of ether oxygens (including phenoxy) is 1. The van der Waals surface area contributed by atoms with Crippen molar-refractivity contribution in [3.63, 3.8) is 0 Å². The van der Waals surface area contributed by atoms with Gasteiger partial charge < -0.3 is 19.3 Å². The Morgan fingerprint density at radius 2 is 2.03 bits per heavy atom. The Bertz CT molecular complexity index is 1150. The predicted octanol–water partition coefficient (Wildman–Crippen LogP) is 5.36. The number of carbonyl (C=O) groups is 1. The molecular weight excluding hydrogens is 463 g/mol. The maximum atomic E-state index is 11.6. The number of carboxylic acids is 1. The number of imidazole rings is 1. The van der Waals surface area contributed by atoms with Gasteiger partial charge in [0.25, 0.3) is 0 Å². The summed E-state index contributed by atoms with van der Waals surface area (Å²) >= 11 is 12.9. The van der Waals surface area contributed by atoms with Gasteiger partial charge in [-0.25, -0.2) is 9.97 Å². The lowest BCUT2D eigenvalue weighted by molar-refractivity contribution is -0.150. The molecule has 1 aliphatic heterocycles. The Balaban J connectivity index is 1.45. The molecule has 3 aromatic rings. The van der Waals surface area contributed by atoms with Crippen molar-refractivity contribution in [3.05, 3.63) is 47.0 Å². The molecule has 0 spiro atoms. The van der Waals surface area contributed by atoms with Gasteiger partial charge in [0.15, 0.2) is 0 Å². The molecule has 0 bridgehead atoms. The van der Waals surface area contributed by atoms with Crippen LogP contribution >= 0.6 is 23.2 Å². The van der Waals surface area contributed by atoms with E-state index in [1.165, 1.54) is 0 Å². The number of hydrogen-bond donors (Lipinski definition) is 1. The molecule has 1 saturated heterocycles. The third kappa shape index (κ3) is 4.42. The minimum absolute atomic E-state index is 0.125. The fourth-order valence-electron chi connectivity index (χ4n) is 5.09. The van der Waals surface area contributed by atoms with Gasteiger partial charge in [-0.1, -0.05) is 36.0 Å². The number of halogens is 2. The number of benzene rings is 1. The van der Waals surface area contributed by atoms with E-state index in [0.29, 0.717) is 28.6 Å². The first-order valence-corrected chi connectivity index (χ1v) is 12.2. The Labute approximate surface area is 202 Å². The van der Waals surface area contributed by atoms with Gasteiger partial charge in [-0.05, 0) is 37.8 Å². The predicted molar refractivity (Wildman–Crippen MR) is 129 cm³/mol. The summed E-state index contributed by atoms with van der Waals surface area (Å²) in [5, 5.41) is 11.4. The van der Waals surface area contributed by atoms with Gasteiger partial charge in [0.05, 0.1) is 52.2 Å². The van der Waals surface area contributed by atoms with Crippen LogP contribution in [-0.2, 0) is 9.53 Å². The van der Waals surface area contributed by atoms with E-state index >= 15 is 0 Å². The van der Waals surface area contributed by atoms with Crippen LogP contribution in [0.4, 0.5) is 5.82 Å². The van der Waals surface area contributed by atoms with Crippen molar-refractivity contribution in [1.82, 2.24) is 14.5 Å². The van der Waals surface area contributed by atoms with Crippen molar-refractivity contribution < 1.29 is 14.6 Å². The van der Waals surface area contributed by atoms with Crippen LogP contribution in [0.2, 0.25) is 10.0 Å². The monoisotopic (exact) mass is 488 g/mol. The lowest BCUT2D eigenvalue weighted by Crippen LogP contribution is -2.39. The maximum Gasteiger partial charge on any atom is 0.309 e. The summed E-state index contributed by atoms with van der Waals surface area (Å²) in [4.78, 5) is 23.0. The molecule has 0 radical (unpaired) electrons. The highest BCUT2D eigenvalue weighted by atomic mass is 35.5. The highest BCUT2D eigenvalue weighted by molar-refractivity contribution is 6.45. The molecule has 1 saturated carbocycles. The SMILES string of the molecule is O=C(O)C1CCCCC1OC[C@@H]1CCCN1c1cc(-n2ccnc2)c2ccc(Cl)c(Cl)c2n1. The lowest BCUT2D eigenvalue weighted by atomic mass is 9.86. The first kappa shape index (κ1) is 22.4. The van der Waals surface area contributed by atoms with Gasteiger partial charge in [-0.2, -0.15) is 0 Å². The van der Waals surface area contributed by atoms with E-state index in [-0.39, 0.29) is 12.1 Å². The number of rotatable bonds is 6. The Morgan fingerprint density at radius 1 is 1.18 bits per heavy atom. The third-order valence-electron chi connectivity index (χ3n) is 6.81. The van der Waals surface area contributed by atoms with Crippen molar-refractivity contribution in [2.45, 2.75) is 50.7 Å². The average molecular weight is 489 g/mol. The molecule has 174 valence electrons. The quantitative estimate of drug-likeness (QED) is 0.503. The summed E-state index contributed by atoms with van der Waals surface area (Å²) in [6.07, 6.45) is 10.6. The Kier molecular flexibility index (Phi) is 6.45. The zero-order valence-electron chi connectivity index (χ0n) is 18.2. The van der Waals surface area contributed by atoms with E-state index in [0.717, 1.165) is 55.5 Å². The van der Waals surface area contributed by atoms with E-state index in [1.807, 2.05) is 22.9 Å². The molecular formula is C24H26Cl2N4O3. The molecule has 3 heterocycles. The molecule has 5 rings (SSSR count). The molecule has 9 heteroatoms. The van der Waals surface area contributed by atoms with E-state index in [9.17, 15) is 9.90 Å². The van der Waals surface area contributed by atoms with Crippen LogP contribution in [0, 0.1) is 5.92 Å². The minimum atomic E-state index is -0.754. The second kappa shape index (κ2) is 9.49. The lowest BCUT2D eigenvalue weighted by Gasteiger charge is -2.32. The number of nitrogens with zero attached hydrogens (tertiary/aromatic N) is 4. The Hall–Kier alpha value is -2.35. The molecule has 2 fully saturated rings. The number of fused-ring (bicyclic) bond motifs is 1. The van der Waals surface area contributed by atoms with Crippen LogP contribution in [0.25, 0.3) is 16.6 Å². The molecule has 2 aliphatic rings. The fourth-order valence-corrected chi connectivity index (χ4v) is 5.45. The van der Waals surface area contributed by atoms with Gasteiger partial charge in [0, 0.05) is 30.4 Å². The topological polar surface area (TPSA) is 80.5 Å². The highest BCUT2D eigenvalue weighted by Gasteiger charge is 2.34. The molecule has 2 unspecified atom stereocenters. The van der Waals surface area contributed by atoms with E-state index in [2.05, 4.69) is 9.88 Å². The fraction of sp³-hybridized carbons (Fsp3) is 0.458. The Morgan fingerprint density at radius 3 is 2.82 bits per heavy atom. The number of pyridine rings is 1.